The molecular formula is C13H25NO5. The van der Waals surface area contributed by atoms with E-state index in [1.165, 1.54) is 12.0 Å². The molecule has 1 aliphatic rings. The number of carbonyl (C=O) groups excluding carboxylic acids is 1. The summed E-state index contributed by atoms with van der Waals surface area (Å²) in [4.78, 5) is 24.1. The Morgan fingerprint density at radius 2 is 1.79 bits per heavy atom. The molecule has 1 amide bonds. The Morgan fingerprint density at radius 3 is 2.16 bits per heavy atom. The number of amides is 1. The average molecular weight is 275 g/mol. The van der Waals surface area contributed by atoms with Crippen LogP contribution in [0.15, 0.2) is 0 Å². The Labute approximate surface area is 114 Å². The van der Waals surface area contributed by atoms with Crippen molar-refractivity contribution in [3.8, 4) is 0 Å². The number of hydrogen-bond acceptors (Lipinski definition) is 4. The minimum atomic E-state index is -1.03. The lowest BCUT2D eigenvalue weighted by atomic mass is 10.2. The van der Waals surface area contributed by atoms with Gasteiger partial charge in [0, 0.05) is 13.5 Å². The molecule has 19 heavy (non-hydrogen) atoms. The Bertz CT molecular complexity index is 311. The number of carbonyl (C=O) groups is 2. The van der Waals surface area contributed by atoms with Crippen LogP contribution in [0.4, 0.5) is 4.79 Å². The van der Waals surface area contributed by atoms with Crippen LogP contribution < -0.4 is 0 Å². The van der Waals surface area contributed by atoms with Crippen molar-refractivity contribution in [3.63, 3.8) is 0 Å². The molecule has 0 aromatic heterocycles. The highest BCUT2D eigenvalue weighted by Crippen LogP contribution is 2.22. The van der Waals surface area contributed by atoms with E-state index < -0.39 is 23.7 Å². The van der Waals surface area contributed by atoms with Gasteiger partial charge in [0.05, 0.1) is 12.6 Å². The summed E-state index contributed by atoms with van der Waals surface area (Å²) in [5, 5.41) is 9.04. The van der Waals surface area contributed by atoms with Gasteiger partial charge in [-0.05, 0) is 20.8 Å². The molecule has 6 heteroatoms. The second-order valence-corrected chi connectivity index (χ2v) is 5.08. The van der Waals surface area contributed by atoms with Gasteiger partial charge in [-0.3, -0.25) is 4.90 Å². The van der Waals surface area contributed by atoms with E-state index in [9.17, 15) is 9.59 Å². The van der Waals surface area contributed by atoms with Crippen LogP contribution in [0.3, 0.4) is 0 Å². The second-order valence-electron chi connectivity index (χ2n) is 5.08. The number of likely N-dealkylation sites (tertiary alicyclic amines) is 1. The maximum Gasteiger partial charge on any atom is 0.411 e. The van der Waals surface area contributed by atoms with Crippen LogP contribution in [0.5, 0.6) is 0 Å². The molecule has 0 bridgehead atoms. The smallest absolute Gasteiger partial charge is 0.411 e. The summed E-state index contributed by atoms with van der Waals surface area (Å²) >= 11 is 0. The lowest BCUT2D eigenvalue weighted by Gasteiger charge is -2.26. The van der Waals surface area contributed by atoms with Gasteiger partial charge >= 0.3 is 12.1 Å². The van der Waals surface area contributed by atoms with Gasteiger partial charge in [0.2, 0.25) is 0 Å². The van der Waals surface area contributed by atoms with Gasteiger partial charge in [0.25, 0.3) is 0 Å². The maximum absolute atomic E-state index is 11.8. The van der Waals surface area contributed by atoms with Gasteiger partial charge in [-0.25, -0.2) is 9.59 Å². The van der Waals surface area contributed by atoms with Crippen LogP contribution in [-0.4, -0.2) is 53.5 Å². The van der Waals surface area contributed by atoms with E-state index in [2.05, 4.69) is 0 Å². The Balaban J connectivity index is 0.00000154. The van der Waals surface area contributed by atoms with E-state index >= 15 is 0 Å². The fraction of sp³-hybridized carbons (Fsp3) is 0.846. The zero-order valence-electron chi connectivity index (χ0n) is 12.6. The quantitative estimate of drug-likeness (QED) is 0.835. The fourth-order valence-corrected chi connectivity index (χ4v) is 1.72. The molecule has 0 saturated carbocycles. The monoisotopic (exact) mass is 275 g/mol. The molecule has 1 rings (SSSR count). The summed E-state index contributed by atoms with van der Waals surface area (Å²) in [6, 6.07) is -0.866. The molecule has 2 atom stereocenters. The number of methoxy groups -OCH3 is 1. The number of hydrogen-bond donors (Lipinski definition) is 1. The third-order valence-corrected chi connectivity index (χ3v) is 2.51. The summed E-state index contributed by atoms with van der Waals surface area (Å²) in [5.74, 6) is -1.03. The molecule has 1 aliphatic heterocycles. The Kier molecular flexibility index (Phi) is 6.83. The zero-order chi connectivity index (χ0) is 15.2. The maximum atomic E-state index is 11.8. The molecule has 6 nitrogen and oxygen atoms in total. The molecule has 1 fully saturated rings. The number of ether oxygens (including phenoxy) is 2. The van der Waals surface area contributed by atoms with Crippen LogP contribution in [0.2, 0.25) is 0 Å². The van der Waals surface area contributed by atoms with Crippen LogP contribution in [-0.2, 0) is 14.3 Å². The first-order valence-electron chi connectivity index (χ1n) is 6.50. The van der Waals surface area contributed by atoms with Gasteiger partial charge in [0.15, 0.2) is 0 Å². The first-order chi connectivity index (χ1) is 8.74. The zero-order valence-corrected chi connectivity index (χ0v) is 12.6. The molecule has 1 saturated heterocycles. The van der Waals surface area contributed by atoms with E-state index in [1.54, 1.807) is 20.8 Å². The van der Waals surface area contributed by atoms with Gasteiger partial charge in [-0.15, -0.1) is 0 Å². The summed E-state index contributed by atoms with van der Waals surface area (Å²) in [7, 11) is 1.50. The molecule has 0 radical (unpaired) electrons. The van der Waals surface area contributed by atoms with Gasteiger partial charge in [0.1, 0.15) is 11.6 Å². The molecule has 112 valence electrons. The average Bonchev–Trinajstić information content (AvgIpc) is 2.73. The van der Waals surface area contributed by atoms with E-state index in [0.717, 1.165) is 0 Å². The van der Waals surface area contributed by atoms with E-state index in [-0.39, 0.29) is 12.6 Å². The van der Waals surface area contributed by atoms with E-state index in [0.29, 0.717) is 6.42 Å². The summed E-state index contributed by atoms with van der Waals surface area (Å²) < 4.78 is 10.3. The van der Waals surface area contributed by atoms with Crippen molar-refractivity contribution >= 4 is 12.1 Å². The molecule has 0 aromatic carbocycles. The minimum Gasteiger partial charge on any atom is -0.480 e. The lowest BCUT2D eigenvalue weighted by Crippen LogP contribution is -2.43. The van der Waals surface area contributed by atoms with Crippen LogP contribution in [0, 0.1) is 0 Å². The first-order valence-corrected chi connectivity index (χ1v) is 6.50. The van der Waals surface area contributed by atoms with Crippen molar-refractivity contribution in [2.24, 2.45) is 0 Å². The predicted octanol–water partition coefficient (Wildman–Crippen LogP) is 2.12. The molecule has 1 N–H and O–H groups in total. The standard InChI is InChI=1S/C11H19NO5.C2H6/c1-11(2,3)17-10(15)12-6-7(16-4)5-8(12)9(13)14;1-2/h7-8H,5-6H2,1-4H3,(H,13,14);1-2H3/t7-,8-;/m0./s1. The number of nitrogens with zero attached hydrogens (tertiary/aromatic N) is 1. The van der Waals surface area contributed by atoms with Gasteiger partial charge < -0.3 is 14.6 Å². The normalized spacial score (nSPS) is 22.5. The van der Waals surface area contributed by atoms with Gasteiger partial charge in [-0.2, -0.15) is 0 Å². The highest BCUT2D eigenvalue weighted by molar-refractivity contribution is 5.81. The van der Waals surface area contributed by atoms with Crippen molar-refractivity contribution in [1.29, 1.82) is 0 Å². The minimum absolute atomic E-state index is 0.247. The van der Waals surface area contributed by atoms with E-state index in [4.69, 9.17) is 14.6 Å². The SMILES string of the molecule is CC.CO[C@H]1C[C@@H](C(=O)O)N(C(=O)OC(C)(C)C)C1. The number of carboxylic acids is 1. The summed E-state index contributed by atoms with van der Waals surface area (Å²) in [6.07, 6.45) is -0.557. The number of carboxylic acid groups (broad SMARTS) is 1. The van der Waals surface area contributed by atoms with Crippen LogP contribution in [0.25, 0.3) is 0 Å². The van der Waals surface area contributed by atoms with Crippen LogP contribution >= 0.6 is 0 Å². The number of rotatable bonds is 2. The molecule has 0 unspecified atom stereocenters. The van der Waals surface area contributed by atoms with Gasteiger partial charge in [-0.1, -0.05) is 13.8 Å². The largest absolute Gasteiger partial charge is 0.480 e. The van der Waals surface area contributed by atoms with Crippen molar-refractivity contribution in [1.82, 2.24) is 4.90 Å². The van der Waals surface area contributed by atoms with Crippen molar-refractivity contribution in [2.45, 2.75) is 58.8 Å². The van der Waals surface area contributed by atoms with Crippen molar-refractivity contribution < 1.29 is 24.2 Å². The molecule has 0 aromatic rings. The first kappa shape index (κ1) is 17.7. The molecule has 1 heterocycles. The molecule has 0 spiro atoms. The van der Waals surface area contributed by atoms with E-state index in [1.807, 2.05) is 13.8 Å². The van der Waals surface area contributed by atoms with Crippen LogP contribution in [0.1, 0.15) is 41.0 Å². The number of aliphatic carboxylic acids is 1. The Morgan fingerprint density at radius 1 is 1.26 bits per heavy atom. The highest BCUT2D eigenvalue weighted by Gasteiger charge is 2.41. The third kappa shape index (κ3) is 5.46. The summed E-state index contributed by atoms with van der Waals surface area (Å²) in [5.41, 5.74) is -0.634. The second kappa shape index (κ2) is 7.33. The van der Waals surface area contributed by atoms with Crippen molar-refractivity contribution in [2.75, 3.05) is 13.7 Å². The molecule has 0 aliphatic carbocycles. The van der Waals surface area contributed by atoms with Crippen molar-refractivity contribution in [3.05, 3.63) is 0 Å². The predicted molar refractivity (Wildman–Crippen MR) is 71.1 cm³/mol. The lowest BCUT2D eigenvalue weighted by molar-refractivity contribution is -0.142. The highest BCUT2D eigenvalue weighted by atomic mass is 16.6. The topological polar surface area (TPSA) is 76.1 Å². The fourth-order valence-electron chi connectivity index (χ4n) is 1.72. The summed E-state index contributed by atoms with van der Waals surface area (Å²) in [6.45, 7) is 9.47. The Hall–Kier alpha value is -1.30. The third-order valence-electron chi connectivity index (χ3n) is 2.51. The molecular weight excluding hydrogens is 250 g/mol.